The van der Waals surface area contributed by atoms with Crippen molar-refractivity contribution in [1.29, 1.82) is 0 Å². The molecule has 0 spiro atoms. The first-order valence-corrected chi connectivity index (χ1v) is 9.85. The fourth-order valence-electron chi connectivity index (χ4n) is 4.68. The van der Waals surface area contributed by atoms with Crippen molar-refractivity contribution < 1.29 is 40.1 Å². The van der Waals surface area contributed by atoms with E-state index in [2.05, 4.69) is 13.8 Å². The Morgan fingerprint density at radius 3 is 2.30 bits per heavy atom. The van der Waals surface area contributed by atoms with Crippen molar-refractivity contribution >= 4 is 0 Å². The first-order chi connectivity index (χ1) is 12.6. The van der Waals surface area contributed by atoms with Crippen molar-refractivity contribution in [3.63, 3.8) is 0 Å². The molecule has 0 aromatic rings. The van der Waals surface area contributed by atoms with E-state index in [4.69, 9.17) is 9.47 Å². The Labute approximate surface area is 160 Å². The van der Waals surface area contributed by atoms with Gasteiger partial charge in [-0.3, -0.25) is 0 Å². The number of rotatable bonds is 7. The predicted molar refractivity (Wildman–Crippen MR) is 96.6 cm³/mol. The van der Waals surface area contributed by atoms with Crippen LogP contribution in [0.1, 0.15) is 46.5 Å². The van der Waals surface area contributed by atoms with E-state index in [1.165, 1.54) is 0 Å². The van der Waals surface area contributed by atoms with E-state index < -0.39 is 37.3 Å². The van der Waals surface area contributed by atoms with Gasteiger partial charge in [0.25, 0.3) is 0 Å². The molecule has 8 nitrogen and oxygen atoms in total. The lowest BCUT2D eigenvalue weighted by atomic mass is 9.61. The summed E-state index contributed by atoms with van der Waals surface area (Å²) < 4.78 is 11.4. The van der Waals surface area contributed by atoms with Gasteiger partial charge in [-0.25, -0.2) is 0 Å². The monoisotopic (exact) mass is 392 g/mol. The maximum atomic E-state index is 10.2. The van der Waals surface area contributed by atoms with Gasteiger partial charge in [0.1, 0.15) is 24.4 Å². The number of aliphatic hydroxyl groups is 6. The standard InChI is InChI=1S/C19H36O8/c1-10(22)4-5-13-11(8-20)6-12(7-19(13,2)3)26-18-17(25)16(24)15(23)14(9-21)27-18/h10-18,20-25H,4-9H2,1-3H3. The van der Waals surface area contributed by atoms with Gasteiger partial charge in [0, 0.05) is 6.61 Å². The summed E-state index contributed by atoms with van der Waals surface area (Å²) in [5.41, 5.74) is -0.153. The van der Waals surface area contributed by atoms with Gasteiger partial charge < -0.3 is 40.1 Å². The number of aliphatic hydroxyl groups excluding tert-OH is 6. The third-order valence-electron chi connectivity index (χ3n) is 6.20. The molecule has 9 atom stereocenters. The zero-order valence-electron chi connectivity index (χ0n) is 16.4. The smallest absolute Gasteiger partial charge is 0.186 e. The van der Waals surface area contributed by atoms with Crippen LogP contribution in [0.4, 0.5) is 0 Å². The van der Waals surface area contributed by atoms with Gasteiger partial charge in [0.15, 0.2) is 6.29 Å². The molecule has 0 aromatic carbocycles. The Kier molecular flexibility index (Phi) is 8.04. The molecular formula is C19H36O8. The van der Waals surface area contributed by atoms with Crippen LogP contribution in [-0.2, 0) is 9.47 Å². The Morgan fingerprint density at radius 2 is 1.74 bits per heavy atom. The molecule has 1 saturated heterocycles. The van der Waals surface area contributed by atoms with Gasteiger partial charge in [-0.2, -0.15) is 0 Å². The highest BCUT2D eigenvalue weighted by Gasteiger charge is 2.48. The van der Waals surface area contributed by atoms with Gasteiger partial charge in [-0.15, -0.1) is 0 Å². The van der Waals surface area contributed by atoms with Crippen molar-refractivity contribution in [3.05, 3.63) is 0 Å². The van der Waals surface area contributed by atoms with Crippen LogP contribution in [0.15, 0.2) is 0 Å². The number of hydrogen-bond acceptors (Lipinski definition) is 8. The van der Waals surface area contributed by atoms with Gasteiger partial charge in [0.05, 0.1) is 18.8 Å². The summed E-state index contributed by atoms with van der Waals surface area (Å²) in [6.07, 6.45) is -4.44. The molecule has 8 heteroatoms. The molecule has 2 fully saturated rings. The van der Waals surface area contributed by atoms with Gasteiger partial charge in [-0.1, -0.05) is 13.8 Å². The highest BCUT2D eigenvalue weighted by Crippen LogP contribution is 2.47. The molecule has 1 aliphatic heterocycles. The zero-order chi connectivity index (χ0) is 20.4. The number of hydrogen-bond donors (Lipinski definition) is 6. The topological polar surface area (TPSA) is 140 Å². The summed E-state index contributed by atoms with van der Waals surface area (Å²) in [6.45, 7) is 5.47. The second kappa shape index (κ2) is 9.45. The molecule has 1 heterocycles. The van der Waals surface area contributed by atoms with E-state index in [-0.39, 0.29) is 36.1 Å². The Bertz CT molecular complexity index is 455. The molecule has 1 aliphatic carbocycles. The minimum absolute atomic E-state index is 0.00243. The second-order valence-corrected chi connectivity index (χ2v) is 8.86. The van der Waals surface area contributed by atoms with Crippen molar-refractivity contribution in [2.75, 3.05) is 13.2 Å². The van der Waals surface area contributed by atoms with Crippen molar-refractivity contribution in [2.24, 2.45) is 17.3 Å². The highest BCUT2D eigenvalue weighted by molar-refractivity contribution is 4.94. The molecule has 1 saturated carbocycles. The third-order valence-corrected chi connectivity index (χ3v) is 6.20. The molecule has 2 rings (SSSR count). The zero-order valence-corrected chi connectivity index (χ0v) is 16.4. The van der Waals surface area contributed by atoms with Crippen LogP contribution < -0.4 is 0 Å². The lowest BCUT2D eigenvalue weighted by Gasteiger charge is -2.49. The summed E-state index contributed by atoms with van der Waals surface area (Å²) in [5, 5.41) is 58.8. The van der Waals surface area contributed by atoms with Gasteiger partial charge in [-0.05, 0) is 49.9 Å². The lowest BCUT2D eigenvalue weighted by Crippen LogP contribution is -2.60. The minimum Gasteiger partial charge on any atom is -0.396 e. The maximum absolute atomic E-state index is 10.2. The van der Waals surface area contributed by atoms with Crippen LogP contribution in [0.25, 0.3) is 0 Å². The molecule has 2 aliphatic rings. The average molecular weight is 392 g/mol. The van der Waals surface area contributed by atoms with E-state index >= 15 is 0 Å². The SMILES string of the molecule is CC(O)CCC1C(CO)CC(OC2OC(CO)C(O)C(O)C2O)CC1(C)C. The first-order valence-electron chi connectivity index (χ1n) is 9.85. The first kappa shape index (κ1) is 23.0. The molecule has 27 heavy (non-hydrogen) atoms. The van der Waals surface area contributed by atoms with E-state index in [1.807, 2.05) is 0 Å². The molecular weight excluding hydrogens is 356 g/mol. The van der Waals surface area contributed by atoms with E-state index in [0.717, 1.165) is 6.42 Å². The van der Waals surface area contributed by atoms with Crippen LogP contribution in [0.5, 0.6) is 0 Å². The second-order valence-electron chi connectivity index (χ2n) is 8.86. The van der Waals surface area contributed by atoms with Gasteiger partial charge >= 0.3 is 0 Å². The summed E-state index contributed by atoms with van der Waals surface area (Å²) in [4.78, 5) is 0. The molecule has 160 valence electrons. The Morgan fingerprint density at radius 1 is 1.07 bits per heavy atom. The fourth-order valence-corrected chi connectivity index (χ4v) is 4.68. The van der Waals surface area contributed by atoms with E-state index in [0.29, 0.717) is 19.3 Å². The van der Waals surface area contributed by atoms with E-state index in [1.54, 1.807) is 6.92 Å². The van der Waals surface area contributed by atoms with E-state index in [9.17, 15) is 30.6 Å². The predicted octanol–water partition coefficient (Wildman–Crippen LogP) is -0.623. The highest BCUT2D eigenvalue weighted by atomic mass is 16.7. The van der Waals surface area contributed by atoms with Crippen molar-refractivity contribution in [3.8, 4) is 0 Å². The van der Waals surface area contributed by atoms with Crippen LogP contribution in [-0.4, -0.2) is 86.8 Å². The van der Waals surface area contributed by atoms with Crippen LogP contribution in [0.3, 0.4) is 0 Å². The molecule has 0 amide bonds. The summed E-state index contributed by atoms with van der Waals surface area (Å²) in [5.74, 6) is 0.217. The minimum atomic E-state index is -1.47. The third kappa shape index (κ3) is 5.39. The van der Waals surface area contributed by atoms with Crippen molar-refractivity contribution in [2.45, 2.75) is 89.4 Å². The summed E-state index contributed by atoms with van der Waals surface area (Å²) in [7, 11) is 0. The lowest BCUT2D eigenvalue weighted by molar-refractivity contribution is -0.317. The van der Waals surface area contributed by atoms with Crippen LogP contribution in [0.2, 0.25) is 0 Å². The quantitative estimate of drug-likeness (QED) is 0.337. The molecule has 0 bridgehead atoms. The van der Waals surface area contributed by atoms with Crippen LogP contribution >= 0.6 is 0 Å². The number of ether oxygens (including phenoxy) is 2. The molecule has 6 N–H and O–H groups in total. The normalized spacial score (nSPS) is 43.4. The fraction of sp³-hybridized carbons (Fsp3) is 1.00. The van der Waals surface area contributed by atoms with Crippen LogP contribution in [0, 0.1) is 17.3 Å². The molecule has 9 unspecified atom stereocenters. The largest absolute Gasteiger partial charge is 0.396 e. The Hall–Kier alpha value is -0.320. The maximum Gasteiger partial charge on any atom is 0.186 e. The summed E-state index contributed by atoms with van der Waals surface area (Å²) in [6, 6.07) is 0. The Balaban J connectivity index is 2.05. The average Bonchev–Trinajstić information content (AvgIpc) is 2.59. The molecule has 0 aromatic heterocycles. The van der Waals surface area contributed by atoms with Crippen molar-refractivity contribution in [1.82, 2.24) is 0 Å². The van der Waals surface area contributed by atoms with Gasteiger partial charge in [0.2, 0.25) is 0 Å². The molecule has 0 radical (unpaired) electrons. The summed E-state index contributed by atoms with van der Waals surface area (Å²) >= 11 is 0.